The Labute approximate surface area is 181 Å². The first-order valence-corrected chi connectivity index (χ1v) is 11.7. The predicted octanol–water partition coefficient (Wildman–Crippen LogP) is 4.19. The van der Waals surface area contributed by atoms with Crippen LogP contribution in [-0.2, 0) is 19.4 Å². The molecule has 2 aromatic rings. The standard InChI is InChI=1S/C20H23Cl2NO5S/c1-3-27-14-13-23(19(24)18(21)22)20(29(2,25)26)15-9-11-17(12-10-15)28-16-7-5-4-6-8-16/h4-12,18,20H,3,13-14H2,1-2H3. The fraction of sp³-hybridized carbons (Fsp3) is 0.350. The quantitative estimate of drug-likeness (QED) is 0.393. The Hall–Kier alpha value is -1.80. The molecule has 0 fully saturated rings. The number of hydrogen-bond donors (Lipinski definition) is 0. The minimum absolute atomic E-state index is 0.0304. The fourth-order valence-corrected chi connectivity index (χ4v) is 4.33. The highest BCUT2D eigenvalue weighted by Gasteiger charge is 2.35. The molecule has 1 unspecified atom stereocenters. The molecule has 1 atom stereocenters. The first kappa shape index (κ1) is 23.5. The third-order valence-electron chi connectivity index (χ3n) is 3.98. The molecule has 0 aliphatic rings. The Morgan fingerprint density at radius 2 is 1.62 bits per heavy atom. The number of benzene rings is 2. The van der Waals surface area contributed by atoms with Crippen molar-refractivity contribution in [1.82, 2.24) is 4.90 Å². The van der Waals surface area contributed by atoms with E-state index in [0.29, 0.717) is 23.7 Å². The summed E-state index contributed by atoms with van der Waals surface area (Å²) in [5, 5.41) is -1.25. The lowest BCUT2D eigenvalue weighted by molar-refractivity contribution is -0.131. The number of amides is 1. The topological polar surface area (TPSA) is 72.9 Å². The second kappa shape index (κ2) is 10.8. The molecule has 2 aromatic carbocycles. The third kappa shape index (κ3) is 6.89. The van der Waals surface area contributed by atoms with Crippen LogP contribution in [0.15, 0.2) is 54.6 Å². The molecule has 0 aliphatic carbocycles. The van der Waals surface area contributed by atoms with Crippen LogP contribution in [0.3, 0.4) is 0 Å². The summed E-state index contributed by atoms with van der Waals surface area (Å²) in [4.78, 5) is 12.3. The zero-order valence-electron chi connectivity index (χ0n) is 16.1. The summed E-state index contributed by atoms with van der Waals surface area (Å²) < 4.78 is 36.1. The number of carbonyl (C=O) groups is 1. The molecule has 0 saturated heterocycles. The summed E-state index contributed by atoms with van der Waals surface area (Å²) in [5.74, 6) is 0.487. The molecule has 0 bridgehead atoms. The molecule has 158 valence electrons. The lowest BCUT2D eigenvalue weighted by atomic mass is 10.2. The van der Waals surface area contributed by atoms with Crippen molar-refractivity contribution in [1.29, 1.82) is 0 Å². The van der Waals surface area contributed by atoms with E-state index >= 15 is 0 Å². The van der Waals surface area contributed by atoms with Crippen molar-refractivity contribution in [3.05, 3.63) is 60.2 Å². The summed E-state index contributed by atoms with van der Waals surface area (Å²) >= 11 is 11.5. The van der Waals surface area contributed by atoms with Gasteiger partial charge in [-0.25, -0.2) is 8.42 Å². The zero-order valence-corrected chi connectivity index (χ0v) is 18.5. The van der Waals surface area contributed by atoms with Gasteiger partial charge >= 0.3 is 0 Å². The molecule has 1 amide bonds. The van der Waals surface area contributed by atoms with Gasteiger partial charge in [0.2, 0.25) is 0 Å². The Morgan fingerprint density at radius 1 is 1.03 bits per heavy atom. The van der Waals surface area contributed by atoms with Gasteiger partial charge in [0.05, 0.1) is 6.61 Å². The average Bonchev–Trinajstić information content (AvgIpc) is 2.67. The molecule has 2 rings (SSSR count). The second-order valence-electron chi connectivity index (χ2n) is 6.20. The van der Waals surface area contributed by atoms with Crippen LogP contribution in [0.2, 0.25) is 0 Å². The van der Waals surface area contributed by atoms with Crippen LogP contribution in [0, 0.1) is 0 Å². The highest BCUT2D eigenvalue weighted by Crippen LogP contribution is 2.30. The van der Waals surface area contributed by atoms with E-state index in [2.05, 4.69) is 0 Å². The van der Waals surface area contributed by atoms with Crippen molar-refractivity contribution in [3.8, 4) is 11.5 Å². The largest absolute Gasteiger partial charge is 0.457 e. The molecule has 0 radical (unpaired) electrons. The van der Waals surface area contributed by atoms with E-state index in [1.54, 1.807) is 31.2 Å². The Bertz CT molecular complexity index is 889. The summed E-state index contributed by atoms with van der Waals surface area (Å²) in [6.45, 7) is 2.42. The van der Waals surface area contributed by atoms with E-state index in [1.165, 1.54) is 0 Å². The van der Waals surface area contributed by atoms with Gasteiger partial charge < -0.3 is 14.4 Å². The van der Waals surface area contributed by atoms with Crippen LogP contribution in [0.5, 0.6) is 11.5 Å². The summed E-state index contributed by atoms with van der Waals surface area (Å²) in [7, 11) is -3.71. The summed E-state index contributed by atoms with van der Waals surface area (Å²) in [6, 6.07) is 15.7. The van der Waals surface area contributed by atoms with Crippen LogP contribution in [0.1, 0.15) is 17.9 Å². The van der Waals surface area contributed by atoms with Gasteiger partial charge in [-0.15, -0.1) is 0 Å². The number of nitrogens with zero attached hydrogens (tertiary/aromatic N) is 1. The van der Waals surface area contributed by atoms with E-state index < -0.39 is 26.0 Å². The highest BCUT2D eigenvalue weighted by molar-refractivity contribution is 7.90. The molecule has 0 N–H and O–H groups in total. The number of ether oxygens (including phenoxy) is 2. The number of alkyl halides is 2. The van der Waals surface area contributed by atoms with Gasteiger partial charge in [0.15, 0.2) is 20.0 Å². The van der Waals surface area contributed by atoms with Crippen molar-refractivity contribution in [3.63, 3.8) is 0 Å². The summed E-state index contributed by atoms with van der Waals surface area (Å²) in [6.07, 6.45) is 1.06. The van der Waals surface area contributed by atoms with Crippen molar-refractivity contribution in [2.75, 3.05) is 26.0 Å². The molecule has 0 heterocycles. The molecule has 0 aromatic heterocycles. The minimum atomic E-state index is -3.71. The third-order valence-corrected chi connectivity index (χ3v) is 5.69. The van der Waals surface area contributed by atoms with Gasteiger partial charge in [-0.1, -0.05) is 53.5 Å². The fourth-order valence-electron chi connectivity index (χ4n) is 2.76. The summed E-state index contributed by atoms with van der Waals surface area (Å²) in [5.41, 5.74) is 0.395. The van der Waals surface area contributed by atoms with E-state index in [4.69, 9.17) is 32.7 Å². The molecular formula is C20H23Cl2NO5S. The van der Waals surface area contributed by atoms with Crippen molar-refractivity contribution in [2.24, 2.45) is 0 Å². The number of rotatable bonds is 10. The van der Waals surface area contributed by atoms with Crippen molar-refractivity contribution < 1.29 is 22.7 Å². The molecule has 9 heteroatoms. The maximum atomic E-state index is 12.6. The number of sulfone groups is 1. The molecule has 0 spiro atoms. The van der Waals surface area contributed by atoms with Crippen LogP contribution < -0.4 is 4.74 Å². The van der Waals surface area contributed by atoms with E-state index in [1.807, 2.05) is 30.3 Å². The average molecular weight is 460 g/mol. The van der Waals surface area contributed by atoms with Crippen molar-refractivity contribution >= 4 is 38.9 Å². The molecule has 6 nitrogen and oxygen atoms in total. The van der Waals surface area contributed by atoms with E-state index in [-0.39, 0.29) is 13.2 Å². The van der Waals surface area contributed by atoms with Gasteiger partial charge in [0.25, 0.3) is 5.91 Å². The van der Waals surface area contributed by atoms with Crippen molar-refractivity contribution in [2.45, 2.75) is 17.1 Å². The number of halogens is 2. The van der Waals surface area contributed by atoms with Gasteiger partial charge in [-0.05, 0) is 36.8 Å². The number of hydrogen-bond acceptors (Lipinski definition) is 5. The van der Waals surface area contributed by atoms with Crippen LogP contribution >= 0.6 is 23.2 Å². The molecular weight excluding hydrogens is 437 g/mol. The lowest BCUT2D eigenvalue weighted by Crippen LogP contribution is -2.43. The Balaban J connectivity index is 2.33. The molecule has 29 heavy (non-hydrogen) atoms. The number of para-hydroxylation sites is 1. The highest BCUT2D eigenvalue weighted by atomic mass is 35.5. The van der Waals surface area contributed by atoms with Gasteiger partial charge in [-0.3, -0.25) is 4.79 Å². The SMILES string of the molecule is CCOCCN(C(=O)C(Cl)Cl)C(c1ccc(Oc2ccccc2)cc1)S(C)(=O)=O. The first-order valence-electron chi connectivity index (χ1n) is 8.92. The first-order chi connectivity index (χ1) is 13.7. The Kier molecular flexibility index (Phi) is 8.77. The van der Waals surface area contributed by atoms with Crippen LogP contribution in [0.25, 0.3) is 0 Å². The lowest BCUT2D eigenvalue weighted by Gasteiger charge is -2.31. The van der Waals surface area contributed by atoms with E-state index in [0.717, 1.165) is 11.2 Å². The maximum absolute atomic E-state index is 12.6. The number of carbonyl (C=O) groups excluding carboxylic acids is 1. The van der Waals surface area contributed by atoms with Gasteiger partial charge in [0, 0.05) is 19.4 Å². The zero-order chi connectivity index (χ0) is 21.4. The molecule has 0 saturated carbocycles. The Morgan fingerprint density at radius 3 is 2.14 bits per heavy atom. The second-order valence-corrected chi connectivity index (χ2v) is 9.40. The van der Waals surface area contributed by atoms with Crippen LogP contribution in [0.4, 0.5) is 0 Å². The monoisotopic (exact) mass is 459 g/mol. The maximum Gasteiger partial charge on any atom is 0.257 e. The van der Waals surface area contributed by atoms with Gasteiger partial charge in [0.1, 0.15) is 11.5 Å². The van der Waals surface area contributed by atoms with Crippen LogP contribution in [-0.4, -0.2) is 50.1 Å². The minimum Gasteiger partial charge on any atom is -0.457 e. The smallest absolute Gasteiger partial charge is 0.257 e. The van der Waals surface area contributed by atoms with E-state index in [9.17, 15) is 13.2 Å². The predicted molar refractivity (Wildman–Crippen MR) is 114 cm³/mol. The molecule has 0 aliphatic heterocycles. The van der Waals surface area contributed by atoms with Gasteiger partial charge in [-0.2, -0.15) is 0 Å². The normalized spacial score (nSPS) is 12.6.